The third kappa shape index (κ3) is 6.05. The fraction of sp³-hybridized carbons (Fsp3) is 0.0169. The van der Waals surface area contributed by atoms with Crippen LogP contribution < -0.4 is 51.7 Å². The molecule has 8 aromatic carbocycles. The van der Waals surface area contributed by atoms with Crippen LogP contribution in [0, 0.1) is 0 Å². The van der Waals surface area contributed by atoms with Crippen molar-refractivity contribution < 1.29 is 18.9 Å². The molecule has 5 aliphatic rings. The Morgan fingerprint density at radius 3 is 1.30 bits per heavy atom. The molecule has 0 radical (unpaired) electrons. The van der Waals surface area contributed by atoms with Gasteiger partial charge >= 0.3 is 0 Å². The number of fused-ring (bicyclic) bond motifs is 8. The average Bonchev–Trinajstić information content (AvgIpc) is 4.22. The molecule has 15 rings (SSSR count). The molecule has 0 saturated heterocycles. The van der Waals surface area contributed by atoms with E-state index in [2.05, 4.69) is 146 Å². The monoisotopic (exact) mass is 886 g/mol. The Bertz CT molecular complexity index is 3830. The summed E-state index contributed by atoms with van der Waals surface area (Å²) in [5.41, 5.74) is 17.5. The second kappa shape index (κ2) is 14.7. The van der Waals surface area contributed by atoms with Crippen molar-refractivity contribution in [1.29, 1.82) is 0 Å². The minimum atomic E-state index is -0.103. The van der Waals surface area contributed by atoms with Gasteiger partial charge < -0.3 is 18.9 Å². The van der Waals surface area contributed by atoms with E-state index in [0.717, 1.165) is 130 Å². The number of hydrogen-bond acceptors (Lipinski definition) is 6. The molecule has 10 heteroatoms. The van der Waals surface area contributed by atoms with Crippen molar-refractivity contribution in [3.63, 3.8) is 0 Å². The smallest absolute Gasteiger partial charge is 0.260 e. The van der Waals surface area contributed by atoms with Crippen LogP contribution in [0.5, 0.6) is 46.0 Å². The van der Waals surface area contributed by atoms with Crippen molar-refractivity contribution in [2.75, 3.05) is 0 Å². The Morgan fingerprint density at radius 1 is 0.377 bits per heavy atom. The third-order valence-electron chi connectivity index (χ3n) is 14.2. The molecule has 6 heterocycles. The van der Waals surface area contributed by atoms with Gasteiger partial charge in [-0.15, -0.1) is 0 Å². The molecule has 0 atom stereocenters. The van der Waals surface area contributed by atoms with E-state index < -0.39 is 0 Å². The predicted molar refractivity (Wildman–Crippen MR) is 274 cm³/mol. The molecule has 0 saturated carbocycles. The van der Waals surface area contributed by atoms with Crippen LogP contribution in [0.3, 0.4) is 0 Å². The molecule has 0 bridgehead atoms. The summed E-state index contributed by atoms with van der Waals surface area (Å²) in [5, 5.41) is 9.57. The highest BCUT2D eigenvalue weighted by Crippen LogP contribution is 2.40. The highest BCUT2D eigenvalue weighted by Gasteiger charge is 2.42. The fourth-order valence-corrected chi connectivity index (χ4v) is 10.9. The molecule has 10 aromatic rings. The van der Waals surface area contributed by atoms with Gasteiger partial charge in [0.05, 0.1) is 23.8 Å². The molecule has 0 fully saturated rings. The molecule has 69 heavy (non-hydrogen) atoms. The lowest BCUT2D eigenvalue weighted by Gasteiger charge is -2.33. The molecule has 2 aromatic heterocycles. The van der Waals surface area contributed by atoms with E-state index in [4.69, 9.17) is 29.1 Å². The summed E-state index contributed by atoms with van der Waals surface area (Å²) in [6, 6.07) is 58.8. The number of aromatic nitrogens is 4. The zero-order chi connectivity index (χ0) is 45.2. The van der Waals surface area contributed by atoms with Gasteiger partial charge in [0, 0.05) is 34.4 Å². The molecule has 0 N–H and O–H groups in total. The second-order valence-corrected chi connectivity index (χ2v) is 18.2. The SMILES string of the molecule is C1=C(c2ccc3c(c2)B2c4cc(-n5cc(-c6ccccc6)cn5)ccc4Oc4cccc(c42)O3)C=C(c2ccc3c(c2)B2c4cc(-n5cc(-c6ccccc6)cn5)ccc4Oc4cccc(c42)O3)C1. The molecule has 322 valence electrons. The molecule has 8 nitrogen and oxygen atoms in total. The second-order valence-electron chi connectivity index (χ2n) is 18.2. The number of hydrogen-bond donors (Lipinski definition) is 0. The number of benzene rings is 8. The van der Waals surface area contributed by atoms with Crippen molar-refractivity contribution in [2.24, 2.45) is 0 Å². The van der Waals surface area contributed by atoms with E-state index in [1.807, 2.05) is 70.3 Å². The predicted octanol–water partition coefficient (Wildman–Crippen LogP) is 9.72. The Morgan fingerprint density at radius 2 is 0.812 bits per heavy atom. The quantitative estimate of drug-likeness (QED) is 0.155. The summed E-state index contributed by atoms with van der Waals surface area (Å²) < 4.78 is 30.4. The van der Waals surface area contributed by atoms with E-state index in [-0.39, 0.29) is 13.4 Å². The summed E-state index contributed by atoms with van der Waals surface area (Å²) in [4.78, 5) is 0. The zero-order valence-electron chi connectivity index (χ0n) is 36.9. The van der Waals surface area contributed by atoms with E-state index in [1.165, 1.54) is 11.1 Å². The molecule has 0 spiro atoms. The first-order valence-electron chi connectivity index (χ1n) is 23.3. The van der Waals surface area contributed by atoms with Gasteiger partial charge in [-0.2, -0.15) is 10.2 Å². The van der Waals surface area contributed by atoms with Crippen LogP contribution >= 0.6 is 0 Å². The average molecular weight is 887 g/mol. The van der Waals surface area contributed by atoms with Crippen LogP contribution in [0.25, 0.3) is 44.8 Å². The van der Waals surface area contributed by atoms with Crippen molar-refractivity contribution in [3.8, 4) is 79.6 Å². The maximum atomic E-state index is 6.65. The largest absolute Gasteiger partial charge is 0.458 e. The first kappa shape index (κ1) is 38.1. The van der Waals surface area contributed by atoms with E-state index >= 15 is 0 Å². The number of nitrogens with zero attached hydrogens (tertiary/aromatic N) is 4. The summed E-state index contributed by atoms with van der Waals surface area (Å²) in [6.45, 7) is -0.202. The van der Waals surface area contributed by atoms with E-state index in [9.17, 15) is 0 Å². The van der Waals surface area contributed by atoms with Crippen LogP contribution in [0.15, 0.2) is 207 Å². The maximum Gasteiger partial charge on any atom is 0.260 e. The normalized spacial score (nSPS) is 14.0. The van der Waals surface area contributed by atoms with Crippen molar-refractivity contribution in [2.45, 2.75) is 6.42 Å². The van der Waals surface area contributed by atoms with Crippen LogP contribution in [0.1, 0.15) is 17.5 Å². The van der Waals surface area contributed by atoms with Crippen LogP contribution in [-0.4, -0.2) is 33.0 Å². The molecule has 0 unspecified atom stereocenters. The first-order chi connectivity index (χ1) is 34.1. The Hall–Kier alpha value is -9.01. The standard InChI is InChI=1S/C59H36B2N4O4/c1-3-9-36(10-4-1)42-32-62-64(34-42)44-21-25-52-48(30-44)60-46-28-40(19-23-50(46)66-54-13-7-15-56(68-52)58(54)60)38-17-18-39(27-38)41-20-24-51-47(29-41)61-49-31-45(65-35-43(33-63-65)37-11-5-2-6-12-37)22-26-53(49)69-57-16-8-14-55(67-51)59(57)61/h1-17,19-35H,18H2. The van der Waals surface area contributed by atoms with Gasteiger partial charge in [-0.05, 0) is 134 Å². The van der Waals surface area contributed by atoms with Crippen LogP contribution in [0.4, 0.5) is 0 Å². The lowest BCUT2D eigenvalue weighted by molar-refractivity contribution is 0.464. The van der Waals surface area contributed by atoms with Gasteiger partial charge in [0.2, 0.25) is 0 Å². The van der Waals surface area contributed by atoms with E-state index in [0.29, 0.717) is 0 Å². The Kier molecular flexibility index (Phi) is 8.15. The summed E-state index contributed by atoms with van der Waals surface area (Å²) >= 11 is 0. The third-order valence-corrected chi connectivity index (χ3v) is 14.2. The highest BCUT2D eigenvalue weighted by atomic mass is 16.5. The first-order valence-corrected chi connectivity index (χ1v) is 23.3. The lowest BCUT2D eigenvalue weighted by atomic mass is 9.34. The topological polar surface area (TPSA) is 72.6 Å². The number of allylic oxidation sites excluding steroid dienone is 4. The molecule has 0 amide bonds. The molecular weight excluding hydrogens is 850 g/mol. The van der Waals surface area contributed by atoms with E-state index in [1.54, 1.807) is 0 Å². The van der Waals surface area contributed by atoms with Crippen LogP contribution in [0.2, 0.25) is 0 Å². The summed E-state index contributed by atoms with van der Waals surface area (Å²) in [6.07, 6.45) is 13.5. The van der Waals surface area contributed by atoms with Gasteiger partial charge in [0.25, 0.3) is 13.4 Å². The number of ether oxygens (including phenoxy) is 4. The zero-order valence-corrected chi connectivity index (χ0v) is 36.9. The highest BCUT2D eigenvalue weighted by molar-refractivity contribution is 6.99. The van der Waals surface area contributed by atoms with Crippen LogP contribution in [-0.2, 0) is 0 Å². The Labute approximate surface area is 398 Å². The van der Waals surface area contributed by atoms with Crippen molar-refractivity contribution in [1.82, 2.24) is 19.6 Å². The maximum absolute atomic E-state index is 6.65. The van der Waals surface area contributed by atoms with Crippen molar-refractivity contribution in [3.05, 3.63) is 218 Å². The summed E-state index contributed by atoms with van der Waals surface area (Å²) in [7, 11) is 0. The van der Waals surface area contributed by atoms with Gasteiger partial charge in [-0.3, -0.25) is 0 Å². The minimum Gasteiger partial charge on any atom is -0.458 e. The fourth-order valence-electron chi connectivity index (χ4n) is 10.9. The molecule has 4 aliphatic heterocycles. The van der Waals surface area contributed by atoms with Gasteiger partial charge in [-0.1, -0.05) is 109 Å². The van der Waals surface area contributed by atoms with Gasteiger partial charge in [0.15, 0.2) is 0 Å². The molecule has 1 aliphatic carbocycles. The lowest BCUT2D eigenvalue weighted by Crippen LogP contribution is -2.57. The summed E-state index contributed by atoms with van der Waals surface area (Å²) in [5.74, 6) is 6.62. The minimum absolute atomic E-state index is 0.0994. The van der Waals surface area contributed by atoms with Crippen molar-refractivity contribution >= 4 is 57.3 Å². The molecular formula is C59H36B2N4O4. The Balaban J connectivity index is 0.778. The van der Waals surface area contributed by atoms with Gasteiger partial charge in [0.1, 0.15) is 46.0 Å². The number of rotatable bonds is 6. The van der Waals surface area contributed by atoms with Gasteiger partial charge in [-0.25, -0.2) is 9.36 Å².